The molecule has 0 aliphatic rings. The lowest BCUT2D eigenvalue weighted by Crippen LogP contribution is -2.25. The normalized spacial score (nSPS) is 13.7. The molecule has 2 heterocycles. The summed E-state index contributed by atoms with van der Waals surface area (Å²) in [5.74, 6) is 0. The molecule has 6 heteroatoms. The largest absolute Gasteiger partial charge is 0.591 e. The van der Waals surface area contributed by atoms with Crippen LogP contribution in [0.15, 0.2) is 51.5 Å². The summed E-state index contributed by atoms with van der Waals surface area (Å²) in [4.78, 5) is 4.33. The Balaban J connectivity index is 2.03. The molecule has 0 aliphatic carbocycles. The second-order valence-corrected chi connectivity index (χ2v) is 7.99. The van der Waals surface area contributed by atoms with Crippen LogP contribution in [-0.4, -0.2) is 25.7 Å². The highest BCUT2D eigenvalue weighted by molar-refractivity contribution is 7.91. The van der Waals surface area contributed by atoms with Gasteiger partial charge in [0.25, 0.3) is 0 Å². The van der Waals surface area contributed by atoms with Crippen LogP contribution in [0.2, 0.25) is 0 Å². The first-order chi connectivity index (χ1) is 11.0. The predicted molar refractivity (Wildman–Crippen MR) is 92.7 cm³/mol. The average Bonchev–Trinajstić information content (AvgIpc) is 2.96. The summed E-state index contributed by atoms with van der Waals surface area (Å²) in [5.41, 5.74) is 2.83. The lowest BCUT2D eigenvalue weighted by atomic mass is 10.1. The van der Waals surface area contributed by atoms with Gasteiger partial charge in [0.1, 0.15) is 28.0 Å². The van der Waals surface area contributed by atoms with Gasteiger partial charge >= 0.3 is 0 Å². The monoisotopic (exact) mass is 327 g/mol. The molecule has 0 aliphatic heterocycles. The van der Waals surface area contributed by atoms with Crippen molar-refractivity contribution in [1.29, 1.82) is 0 Å². The van der Waals surface area contributed by atoms with Crippen LogP contribution in [0, 0.1) is 0 Å². The Morgan fingerprint density at radius 2 is 1.96 bits per heavy atom. The van der Waals surface area contributed by atoms with Gasteiger partial charge in [-0.3, -0.25) is 4.98 Å². The molecule has 0 fully saturated rings. The second-order valence-electron chi connectivity index (χ2n) is 6.06. The first kappa shape index (κ1) is 15.7. The Labute approximate surface area is 137 Å². The van der Waals surface area contributed by atoms with Gasteiger partial charge < -0.3 is 9.08 Å². The zero-order chi connectivity index (χ0) is 16.4. The third kappa shape index (κ3) is 3.28. The van der Waals surface area contributed by atoms with Gasteiger partial charge in [-0.1, -0.05) is 21.7 Å². The average molecular weight is 327 g/mol. The maximum Gasteiger partial charge on any atom is 0.167 e. The molecule has 0 spiro atoms. The molecule has 0 unspecified atom stereocenters. The highest BCUT2D eigenvalue weighted by Gasteiger charge is 2.26. The van der Waals surface area contributed by atoms with Gasteiger partial charge in [-0.25, -0.2) is 0 Å². The van der Waals surface area contributed by atoms with Crippen LogP contribution in [0.3, 0.4) is 0 Å². The molecule has 0 N–H and O–H groups in total. The summed E-state index contributed by atoms with van der Waals surface area (Å²) >= 11 is -1.33. The van der Waals surface area contributed by atoms with E-state index in [1.54, 1.807) is 12.4 Å². The van der Waals surface area contributed by atoms with Gasteiger partial charge in [0.05, 0.1) is 5.69 Å². The Hall–Kier alpha value is -2.18. The number of para-hydroxylation sites is 1. The number of pyridine rings is 1. The number of benzene rings is 1. The van der Waals surface area contributed by atoms with Crippen molar-refractivity contribution in [2.24, 2.45) is 4.40 Å². The highest BCUT2D eigenvalue weighted by atomic mass is 32.2. The Morgan fingerprint density at radius 3 is 2.74 bits per heavy atom. The Bertz CT molecular complexity index is 852. The molecule has 5 nitrogen and oxygen atoms in total. The van der Waals surface area contributed by atoms with Crippen LogP contribution >= 0.6 is 0 Å². The molecule has 0 bridgehead atoms. The molecule has 118 valence electrons. The number of fused-ring (bicyclic) bond motifs is 1. The molecule has 23 heavy (non-hydrogen) atoms. The van der Waals surface area contributed by atoms with E-state index in [-0.39, 0.29) is 0 Å². The predicted octanol–water partition coefficient (Wildman–Crippen LogP) is 3.77. The van der Waals surface area contributed by atoms with Gasteiger partial charge in [0.15, 0.2) is 5.58 Å². The summed E-state index contributed by atoms with van der Waals surface area (Å²) in [6.45, 7) is 5.64. The van der Waals surface area contributed by atoms with Gasteiger partial charge in [0, 0.05) is 17.1 Å². The molecule has 0 saturated carbocycles. The minimum absolute atomic E-state index is 0.411. The van der Waals surface area contributed by atoms with E-state index >= 15 is 0 Å². The lowest BCUT2D eigenvalue weighted by molar-refractivity contribution is 0.459. The van der Waals surface area contributed by atoms with Crippen molar-refractivity contribution in [3.8, 4) is 11.3 Å². The highest BCUT2D eigenvalue weighted by Crippen LogP contribution is 2.29. The molecule has 1 aromatic carbocycles. The third-order valence-corrected chi connectivity index (χ3v) is 4.61. The number of hydrogen-bond donors (Lipinski definition) is 0. The minimum Gasteiger partial charge on any atom is -0.591 e. The van der Waals surface area contributed by atoms with E-state index in [0.717, 1.165) is 10.9 Å². The number of aromatic nitrogens is 2. The molecule has 0 amide bonds. The zero-order valence-electron chi connectivity index (χ0n) is 13.2. The van der Waals surface area contributed by atoms with Crippen molar-refractivity contribution in [2.75, 3.05) is 0 Å². The van der Waals surface area contributed by atoms with Gasteiger partial charge in [0.2, 0.25) is 0 Å². The van der Waals surface area contributed by atoms with Crippen molar-refractivity contribution < 1.29 is 9.08 Å². The van der Waals surface area contributed by atoms with Crippen LogP contribution in [0.5, 0.6) is 0 Å². The first-order valence-corrected chi connectivity index (χ1v) is 8.33. The molecule has 0 radical (unpaired) electrons. The van der Waals surface area contributed by atoms with Crippen LogP contribution in [0.1, 0.15) is 26.5 Å². The first-order valence-electron chi connectivity index (χ1n) is 7.23. The van der Waals surface area contributed by atoms with Crippen molar-refractivity contribution in [3.63, 3.8) is 0 Å². The van der Waals surface area contributed by atoms with E-state index in [1.165, 1.54) is 0 Å². The van der Waals surface area contributed by atoms with E-state index in [2.05, 4.69) is 14.5 Å². The van der Waals surface area contributed by atoms with Crippen molar-refractivity contribution in [3.05, 3.63) is 48.3 Å². The minimum atomic E-state index is -1.33. The number of rotatable bonds is 3. The van der Waals surface area contributed by atoms with E-state index in [4.69, 9.17) is 4.52 Å². The van der Waals surface area contributed by atoms with E-state index in [9.17, 15) is 4.55 Å². The fourth-order valence-corrected chi connectivity index (χ4v) is 2.57. The quantitative estimate of drug-likeness (QED) is 0.542. The second kappa shape index (κ2) is 6.14. The summed E-state index contributed by atoms with van der Waals surface area (Å²) in [6.07, 6.45) is 3.22. The van der Waals surface area contributed by atoms with E-state index in [0.29, 0.717) is 17.0 Å². The zero-order valence-corrected chi connectivity index (χ0v) is 14.0. The van der Waals surface area contributed by atoms with E-state index < -0.39 is 16.1 Å². The van der Waals surface area contributed by atoms with Crippen LogP contribution in [0.25, 0.3) is 22.2 Å². The van der Waals surface area contributed by atoms with Crippen LogP contribution < -0.4 is 0 Å². The van der Waals surface area contributed by atoms with E-state index in [1.807, 2.05) is 57.2 Å². The molecule has 3 rings (SSSR count). The third-order valence-electron chi connectivity index (χ3n) is 3.27. The molecule has 1 atom stereocenters. The van der Waals surface area contributed by atoms with Gasteiger partial charge in [-0.2, -0.15) is 0 Å². The molecule has 2 aromatic heterocycles. The molecular formula is C17H17N3O2S. The van der Waals surface area contributed by atoms with Crippen LogP contribution in [0.4, 0.5) is 0 Å². The molecule has 0 saturated heterocycles. The van der Waals surface area contributed by atoms with Crippen LogP contribution in [-0.2, 0) is 11.4 Å². The smallest absolute Gasteiger partial charge is 0.167 e. The maximum absolute atomic E-state index is 12.1. The summed E-state index contributed by atoms with van der Waals surface area (Å²) in [6, 6.07) is 11.4. The number of hydrogen-bond acceptors (Lipinski definition) is 5. The molecule has 3 aromatic rings. The lowest BCUT2D eigenvalue weighted by Gasteiger charge is -2.17. The SMILES string of the molecule is CC(C)(C)[S@+]([O-])N=Cc1ncccc1-c1noc2ccccc12. The Kier molecular flexibility index (Phi) is 4.19. The summed E-state index contributed by atoms with van der Waals surface area (Å²) in [5, 5.41) is 5.06. The van der Waals surface area contributed by atoms with Crippen molar-refractivity contribution in [2.45, 2.75) is 25.5 Å². The standard InChI is InChI=1S/C17H17N3O2S/c1-17(2,3)23(21)19-11-14-12(8-6-10-18-14)16-13-7-4-5-9-15(13)22-20-16/h4-11H,1-3H3/t23-/m0/s1. The Morgan fingerprint density at radius 1 is 1.17 bits per heavy atom. The fraction of sp³-hybridized carbons (Fsp3) is 0.235. The maximum atomic E-state index is 12.1. The number of nitrogens with zero attached hydrogens (tertiary/aromatic N) is 3. The summed E-state index contributed by atoms with van der Waals surface area (Å²) < 4.78 is 21.2. The van der Waals surface area contributed by atoms with Crippen molar-refractivity contribution in [1.82, 2.24) is 10.1 Å². The van der Waals surface area contributed by atoms with Gasteiger partial charge in [-0.15, -0.1) is 0 Å². The summed E-state index contributed by atoms with van der Waals surface area (Å²) in [7, 11) is 0. The fourth-order valence-electron chi connectivity index (χ4n) is 2.06. The topological polar surface area (TPSA) is 74.3 Å². The molecular weight excluding hydrogens is 310 g/mol. The van der Waals surface area contributed by atoms with Gasteiger partial charge in [-0.05, 0) is 45.0 Å². The van der Waals surface area contributed by atoms with Crippen molar-refractivity contribution >= 4 is 28.5 Å².